The normalized spacial score (nSPS) is 18.4. The maximum atomic E-state index is 14.0. The van der Waals surface area contributed by atoms with Crippen LogP contribution in [-0.4, -0.2) is 5.84 Å². The minimum atomic E-state index is -0.481. The molecule has 1 saturated carbocycles. The number of nitrogens with two attached hydrogens (primary N) is 1. The number of aliphatic imine (C=N–C) groups is 1. The molecule has 2 rings (SSSR count). The second-order valence-electron chi connectivity index (χ2n) is 4.92. The Labute approximate surface area is 131 Å². The van der Waals surface area contributed by atoms with Crippen molar-refractivity contribution >= 4 is 45.7 Å². The molecule has 0 heterocycles. The number of hydrogen-bond acceptors (Lipinski definition) is 1. The quantitative estimate of drug-likeness (QED) is 0.246. The van der Waals surface area contributed by atoms with Gasteiger partial charge < -0.3 is 5.73 Å². The summed E-state index contributed by atoms with van der Waals surface area (Å²) in [6.45, 7) is 0. The lowest BCUT2D eigenvalue weighted by Crippen LogP contribution is -2.23. The molecule has 1 aliphatic carbocycles. The Morgan fingerprint density at radius 3 is 2.53 bits per heavy atom. The maximum Gasteiger partial charge on any atom is 0.168 e. The molecule has 1 aromatic carbocycles. The van der Waals surface area contributed by atoms with E-state index in [4.69, 9.17) is 17.3 Å². The van der Waals surface area contributed by atoms with Crippen LogP contribution in [0.15, 0.2) is 17.1 Å². The Balaban J connectivity index is 2.27. The van der Waals surface area contributed by atoms with Gasteiger partial charge in [0, 0.05) is 9.49 Å². The molecule has 0 radical (unpaired) electrons. The third-order valence-corrected chi connectivity index (χ3v) is 4.70. The summed E-state index contributed by atoms with van der Waals surface area (Å²) >= 11 is 7.85. The molecule has 19 heavy (non-hydrogen) atoms. The minimum Gasteiger partial charge on any atom is -0.387 e. The SMILES string of the molecule is NC(=Nc1c(I)ccc(Cl)c1F)C1CCCCCC1. The Bertz CT molecular complexity index is 483. The summed E-state index contributed by atoms with van der Waals surface area (Å²) in [5.74, 6) is 0.336. The Morgan fingerprint density at radius 2 is 1.89 bits per heavy atom. The highest BCUT2D eigenvalue weighted by atomic mass is 127. The molecule has 0 atom stereocenters. The molecule has 104 valence electrons. The van der Waals surface area contributed by atoms with Gasteiger partial charge in [0.1, 0.15) is 11.5 Å². The van der Waals surface area contributed by atoms with Crippen LogP contribution >= 0.6 is 34.2 Å². The van der Waals surface area contributed by atoms with E-state index in [9.17, 15) is 4.39 Å². The van der Waals surface area contributed by atoms with E-state index in [-0.39, 0.29) is 16.6 Å². The second-order valence-corrected chi connectivity index (χ2v) is 6.49. The van der Waals surface area contributed by atoms with Gasteiger partial charge in [-0.2, -0.15) is 0 Å². The molecule has 0 aromatic heterocycles. The van der Waals surface area contributed by atoms with Crippen LogP contribution < -0.4 is 5.73 Å². The van der Waals surface area contributed by atoms with Crippen LogP contribution in [0.1, 0.15) is 38.5 Å². The van der Waals surface area contributed by atoms with Gasteiger partial charge in [0.15, 0.2) is 5.82 Å². The van der Waals surface area contributed by atoms with Crippen LogP contribution in [0, 0.1) is 15.3 Å². The summed E-state index contributed by atoms with van der Waals surface area (Å²) in [5.41, 5.74) is 6.35. The first-order valence-electron chi connectivity index (χ1n) is 6.57. The summed E-state index contributed by atoms with van der Waals surface area (Å²) in [6, 6.07) is 3.30. The molecule has 1 aliphatic rings. The monoisotopic (exact) mass is 394 g/mol. The average molecular weight is 395 g/mol. The Hall–Kier alpha value is -0.360. The van der Waals surface area contributed by atoms with Crippen molar-refractivity contribution in [3.63, 3.8) is 0 Å². The van der Waals surface area contributed by atoms with Gasteiger partial charge in [-0.3, -0.25) is 0 Å². The molecule has 1 fully saturated rings. The summed E-state index contributed by atoms with van der Waals surface area (Å²) in [5, 5.41) is 0.0906. The van der Waals surface area contributed by atoms with E-state index in [2.05, 4.69) is 27.6 Å². The van der Waals surface area contributed by atoms with E-state index in [0.717, 1.165) is 16.4 Å². The van der Waals surface area contributed by atoms with Gasteiger partial charge in [0.25, 0.3) is 0 Å². The number of hydrogen-bond donors (Lipinski definition) is 1. The molecule has 0 saturated heterocycles. The molecule has 0 bridgehead atoms. The van der Waals surface area contributed by atoms with Crippen molar-refractivity contribution in [2.75, 3.05) is 0 Å². The third kappa shape index (κ3) is 3.81. The van der Waals surface area contributed by atoms with E-state index in [1.807, 2.05) is 0 Å². The van der Waals surface area contributed by atoms with Crippen LogP contribution in [0.4, 0.5) is 10.1 Å². The highest BCUT2D eigenvalue weighted by Crippen LogP contribution is 2.31. The van der Waals surface area contributed by atoms with E-state index in [0.29, 0.717) is 5.84 Å². The van der Waals surface area contributed by atoms with E-state index < -0.39 is 5.82 Å². The molecule has 0 amide bonds. The first-order chi connectivity index (χ1) is 9.09. The van der Waals surface area contributed by atoms with Gasteiger partial charge >= 0.3 is 0 Å². The molecular formula is C14H17ClFIN2. The smallest absolute Gasteiger partial charge is 0.168 e. The molecule has 5 heteroatoms. The Kier molecular flexibility index (Phi) is 5.45. The van der Waals surface area contributed by atoms with Crippen molar-refractivity contribution < 1.29 is 4.39 Å². The fourth-order valence-electron chi connectivity index (χ4n) is 2.41. The first-order valence-corrected chi connectivity index (χ1v) is 8.03. The van der Waals surface area contributed by atoms with Crippen molar-refractivity contribution in [3.05, 3.63) is 26.5 Å². The molecule has 2 N–H and O–H groups in total. The predicted molar refractivity (Wildman–Crippen MR) is 86.6 cm³/mol. The lowest BCUT2D eigenvalue weighted by atomic mass is 9.99. The first kappa shape index (κ1) is 15.0. The van der Waals surface area contributed by atoms with Crippen molar-refractivity contribution in [1.29, 1.82) is 0 Å². The highest BCUT2D eigenvalue weighted by Gasteiger charge is 2.18. The molecule has 0 spiro atoms. The van der Waals surface area contributed by atoms with Crippen LogP contribution in [-0.2, 0) is 0 Å². The summed E-state index contributed by atoms with van der Waals surface area (Å²) in [6.07, 6.45) is 6.97. The van der Waals surface area contributed by atoms with Crippen LogP contribution in [0.2, 0.25) is 5.02 Å². The largest absolute Gasteiger partial charge is 0.387 e. The van der Waals surface area contributed by atoms with E-state index >= 15 is 0 Å². The maximum absolute atomic E-state index is 14.0. The van der Waals surface area contributed by atoms with Gasteiger partial charge in [0.05, 0.1) is 5.02 Å². The van der Waals surface area contributed by atoms with Gasteiger partial charge in [-0.1, -0.05) is 37.3 Å². The van der Waals surface area contributed by atoms with Crippen LogP contribution in [0.25, 0.3) is 0 Å². The minimum absolute atomic E-state index is 0.0906. The lowest BCUT2D eigenvalue weighted by molar-refractivity contribution is 0.585. The van der Waals surface area contributed by atoms with Crippen molar-refractivity contribution in [1.82, 2.24) is 0 Å². The lowest BCUT2D eigenvalue weighted by Gasteiger charge is -2.14. The van der Waals surface area contributed by atoms with Gasteiger partial charge in [-0.05, 0) is 47.6 Å². The number of halogens is 3. The van der Waals surface area contributed by atoms with E-state index in [1.165, 1.54) is 25.7 Å². The number of benzene rings is 1. The third-order valence-electron chi connectivity index (χ3n) is 3.53. The van der Waals surface area contributed by atoms with Crippen molar-refractivity contribution in [2.45, 2.75) is 38.5 Å². The summed E-state index contributed by atoms with van der Waals surface area (Å²) in [4.78, 5) is 4.31. The van der Waals surface area contributed by atoms with Gasteiger partial charge in [-0.25, -0.2) is 9.38 Å². The summed E-state index contributed by atoms with van der Waals surface area (Å²) < 4.78 is 14.7. The van der Waals surface area contributed by atoms with Crippen LogP contribution in [0.5, 0.6) is 0 Å². The molecular weight excluding hydrogens is 378 g/mol. The fraction of sp³-hybridized carbons (Fsp3) is 0.500. The van der Waals surface area contributed by atoms with Gasteiger partial charge in [0.2, 0.25) is 0 Å². The average Bonchev–Trinajstić information content (AvgIpc) is 2.68. The standard InChI is InChI=1S/C14H17ClFIN2/c15-10-7-8-11(17)13(12(10)16)19-14(18)9-5-3-1-2-4-6-9/h7-9H,1-6H2,(H2,18,19). The number of rotatable bonds is 2. The molecule has 1 aromatic rings. The number of nitrogens with zero attached hydrogens (tertiary/aromatic N) is 1. The van der Waals surface area contributed by atoms with Crippen molar-refractivity contribution in [3.8, 4) is 0 Å². The molecule has 0 aliphatic heterocycles. The number of amidine groups is 1. The van der Waals surface area contributed by atoms with Gasteiger partial charge in [-0.15, -0.1) is 0 Å². The van der Waals surface area contributed by atoms with E-state index in [1.54, 1.807) is 12.1 Å². The fourth-order valence-corrected chi connectivity index (χ4v) is 3.10. The zero-order valence-corrected chi connectivity index (χ0v) is 13.5. The second kappa shape index (κ2) is 6.88. The summed E-state index contributed by atoms with van der Waals surface area (Å²) in [7, 11) is 0. The zero-order valence-electron chi connectivity index (χ0n) is 10.6. The van der Waals surface area contributed by atoms with Crippen molar-refractivity contribution in [2.24, 2.45) is 16.6 Å². The zero-order chi connectivity index (χ0) is 13.8. The Morgan fingerprint density at radius 1 is 1.26 bits per heavy atom. The topological polar surface area (TPSA) is 38.4 Å². The highest BCUT2D eigenvalue weighted by molar-refractivity contribution is 14.1. The molecule has 0 unspecified atom stereocenters. The van der Waals surface area contributed by atoms with Crippen LogP contribution in [0.3, 0.4) is 0 Å². The predicted octanol–water partition coefficient (Wildman–Crippen LogP) is 5.04. The molecule has 2 nitrogen and oxygen atoms in total.